The second-order valence-corrected chi connectivity index (χ2v) is 7.74. The van der Waals surface area contributed by atoms with E-state index in [1.165, 1.54) is 26.4 Å². The fraction of sp³-hybridized carbons (Fsp3) is 0.0800. The number of hydrogen-bond donors (Lipinski definition) is 1. The van der Waals surface area contributed by atoms with Gasteiger partial charge in [-0.15, -0.1) is 0 Å². The molecule has 182 valence electrons. The van der Waals surface area contributed by atoms with Crippen LogP contribution < -0.4 is 24.4 Å². The van der Waals surface area contributed by atoms with E-state index in [-0.39, 0.29) is 27.7 Å². The van der Waals surface area contributed by atoms with E-state index in [1.807, 2.05) is 18.2 Å². The van der Waals surface area contributed by atoms with Gasteiger partial charge in [-0.05, 0) is 66.8 Å². The van der Waals surface area contributed by atoms with Crippen LogP contribution >= 0.6 is 12.2 Å². The summed E-state index contributed by atoms with van der Waals surface area (Å²) in [5.41, 5.74) is -0.557. The average molecular weight is 506 g/mol. The number of carbonyl (C=O) groups excluding carboxylic acids is 2. The SMILES string of the molecule is COc1ccc(OC)c([N+](=O)[O-])c1C=C1C(=O)NC(=S)N(c2ccc(Oc3ccccc3)cc2)C1=O. The van der Waals surface area contributed by atoms with Crippen LogP contribution in [0.15, 0.2) is 72.3 Å². The predicted molar refractivity (Wildman–Crippen MR) is 135 cm³/mol. The third kappa shape index (κ3) is 4.72. The topological polar surface area (TPSA) is 120 Å². The molecule has 36 heavy (non-hydrogen) atoms. The molecule has 2 amide bonds. The summed E-state index contributed by atoms with van der Waals surface area (Å²) in [4.78, 5) is 38.3. The van der Waals surface area contributed by atoms with E-state index in [0.717, 1.165) is 11.0 Å². The zero-order valence-corrected chi connectivity index (χ0v) is 19.9. The van der Waals surface area contributed by atoms with Crippen molar-refractivity contribution in [3.63, 3.8) is 0 Å². The Bertz CT molecular complexity index is 1390. The zero-order valence-electron chi connectivity index (χ0n) is 19.1. The summed E-state index contributed by atoms with van der Waals surface area (Å²) in [5.74, 6) is -0.377. The number of thiocarbonyl (C=S) groups is 1. The van der Waals surface area contributed by atoms with Crippen LogP contribution in [0, 0.1) is 10.1 Å². The van der Waals surface area contributed by atoms with Gasteiger partial charge in [0.1, 0.15) is 22.8 Å². The number of nitro benzene ring substituents is 1. The summed E-state index contributed by atoms with van der Waals surface area (Å²) in [6.07, 6.45) is 1.10. The lowest BCUT2D eigenvalue weighted by Gasteiger charge is -2.29. The van der Waals surface area contributed by atoms with Crippen molar-refractivity contribution in [2.45, 2.75) is 0 Å². The molecule has 10 nitrogen and oxygen atoms in total. The molecule has 3 aromatic carbocycles. The smallest absolute Gasteiger partial charge is 0.321 e. The number of methoxy groups -OCH3 is 2. The third-order valence-electron chi connectivity index (χ3n) is 5.23. The molecule has 4 rings (SSSR count). The summed E-state index contributed by atoms with van der Waals surface area (Å²) in [6, 6.07) is 18.5. The van der Waals surface area contributed by atoms with E-state index in [0.29, 0.717) is 17.2 Å². The van der Waals surface area contributed by atoms with Crippen LogP contribution in [0.3, 0.4) is 0 Å². The lowest BCUT2D eigenvalue weighted by molar-refractivity contribution is -0.386. The first-order valence-corrected chi connectivity index (χ1v) is 10.9. The van der Waals surface area contributed by atoms with Gasteiger partial charge in [0.05, 0.1) is 30.4 Å². The molecule has 0 atom stereocenters. The number of amides is 2. The lowest BCUT2D eigenvalue weighted by atomic mass is 10.0. The molecule has 0 saturated carbocycles. The zero-order chi connectivity index (χ0) is 25.8. The number of anilines is 1. The van der Waals surface area contributed by atoms with E-state index in [9.17, 15) is 19.7 Å². The van der Waals surface area contributed by atoms with Crippen LogP contribution in [-0.2, 0) is 9.59 Å². The maximum absolute atomic E-state index is 13.4. The van der Waals surface area contributed by atoms with Crippen LogP contribution in [-0.4, -0.2) is 36.1 Å². The highest BCUT2D eigenvalue weighted by molar-refractivity contribution is 7.80. The van der Waals surface area contributed by atoms with Crippen molar-refractivity contribution in [3.8, 4) is 23.0 Å². The first-order valence-electron chi connectivity index (χ1n) is 10.5. The largest absolute Gasteiger partial charge is 0.496 e. The van der Waals surface area contributed by atoms with Gasteiger partial charge >= 0.3 is 5.69 Å². The van der Waals surface area contributed by atoms with Gasteiger partial charge in [-0.1, -0.05) is 18.2 Å². The molecular weight excluding hydrogens is 486 g/mol. The molecule has 0 spiro atoms. The van der Waals surface area contributed by atoms with Crippen molar-refractivity contribution >= 4 is 46.6 Å². The van der Waals surface area contributed by atoms with E-state index in [4.69, 9.17) is 26.4 Å². The molecule has 1 aliphatic heterocycles. The fourth-order valence-corrected chi connectivity index (χ4v) is 3.85. The first kappa shape index (κ1) is 24.4. The van der Waals surface area contributed by atoms with Crippen LogP contribution in [0.4, 0.5) is 11.4 Å². The van der Waals surface area contributed by atoms with Crippen molar-refractivity contribution in [1.82, 2.24) is 5.32 Å². The van der Waals surface area contributed by atoms with Gasteiger partial charge < -0.3 is 14.2 Å². The Kier molecular flexibility index (Phi) is 6.93. The summed E-state index contributed by atoms with van der Waals surface area (Å²) in [5, 5.41) is 14.1. The fourth-order valence-electron chi connectivity index (χ4n) is 3.56. The lowest BCUT2D eigenvalue weighted by Crippen LogP contribution is -2.54. The Balaban J connectivity index is 1.72. The summed E-state index contributed by atoms with van der Waals surface area (Å²) in [7, 11) is 2.59. The Morgan fingerprint density at radius 3 is 2.14 bits per heavy atom. The highest BCUT2D eigenvalue weighted by Crippen LogP contribution is 2.39. The summed E-state index contributed by atoms with van der Waals surface area (Å²) < 4.78 is 16.1. The van der Waals surface area contributed by atoms with Crippen molar-refractivity contribution in [2.75, 3.05) is 19.1 Å². The molecule has 0 unspecified atom stereocenters. The molecule has 0 aromatic heterocycles. The number of rotatable bonds is 7. The quantitative estimate of drug-likeness (QED) is 0.167. The highest BCUT2D eigenvalue weighted by atomic mass is 32.1. The minimum Gasteiger partial charge on any atom is -0.496 e. The number of nitrogens with zero attached hydrogens (tertiary/aromatic N) is 2. The van der Waals surface area contributed by atoms with Crippen molar-refractivity contribution < 1.29 is 28.7 Å². The maximum Gasteiger partial charge on any atom is 0.321 e. The Hall–Kier alpha value is -4.77. The molecule has 11 heteroatoms. The third-order valence-corrected chi connectivity index (χ3v) is 5.51. The molecule has 1 fully saturated rings. The first-order chi connectivity index (χ1) is 17.3. The van der Waals surface area contributed by atoms with Gasteiger partial charge in [-0.3, -0.25) is 29.9 Å². The van der Waals surface area contributed by atoms with Crippen molar-refractivity contribution in [1.29, 1.82) is 0 Å². The molecular formula is C25H19N3O7S. The Labute approximate surface area is 210 Å². The van der Waals surface area contributed by atoms with Gasteiger partial charge in [0, 0.05) is 0 Å². The second-order valence-electron chi connectivity index (χ2n) is 7.36. The molecule has 0 aliphatic carbocycles. The maximum atomic E-state index is 13.4. The van der Waals surface area contributed by atoms with Crippen molar-refractivity contribution in [2.24, 2.45) is 0 Å². The Morgan fingerprint density at radius 1 is 0.917 bits per heavy atom. The van der Waals surface area contributed by atoms with Gasteiger partial charge in [0.15, 0.2) is 10.9 Å². The number of para-hydroxylation sites is 1. The minimum absolute atomic E-state index is 0.0577. The molecule has 0 bridgehead atoms. The monoisotopic (exact) mass is 505 g/mol. The second kappa shape index (κ2) is 10.2. The highest BCUT2D eigenvalue weighted by Gasteiger charge is 2.36. The van der Waals surface area contributed by atoms with E-state index in [1.54, 1.807) is 36.4 Å². The molecule has 1 aliphatic rings. The van der Waals surface area contributed by atoms with Gasteiger partial charge in [-0.25, -0.2) is 0 Å². The van der Waals surface area contributed by atoms with Crippen LogP contribution in [0.5, 0.6) is 23.0 Å². The summed E-state index contributed by atoms with van der Waals surface area (Å²) in [6.45, 7) is 0. The summed E-state index contributed by atoms with van der Waals surface area (Å²) >= 11 is 5.24. The number of nitrogens with one attached hydrogen (secondary N) is 1. The molecule has 3 aromatic rings. The average Bonchev–Trinajstić information content (AvgIpc) is 2.87. The van der Waals surface area contributed by atoms with Crippen LogP contribution in [0.2, 0.25) is 0 Å². The van der Waals surface area contributed by atoms with Gasteiger partial charge in [-0.2, -0.15) is 0 Å². The molecule has 0 radical (unpaired) electrons. The Morgan fingerprint density at radius 2 is 1.53 bits per heavy atom. The molecule has 1 heterocycles. The number of hydrogen-bond acceptors (Lipinski definition) is 8. The minimum atomic E-state index is -0.801. The number of nitro groups is 1. The molecule has 1 saturated heterocycles. The van der Waals surface area contributed by atoms with Crippen LogP contribution in [0.25, 0.3) is 6.08 Å². The van der Waals surface area contributed by atoms with Crippen molar-refractivity contribution in [3.05, 3.63) is 88.0 Å². The molecule has 1 N–H and O–H groups in total. The standard InChI is InChI=1S/C25H19N3O7S/c1-33-20-12-13-21(34-2)22(28(31)32)18(20)14-19-23(29)26-25(36)27(24(19)30)15-8-10-17(11-9-15)35-16-6-4-3-5-7-16/h3-14H,1-2H3,(H,26,29,36). The van der Waals surface area contributed by atoms with Gasteiger partial charge in [0.2, 0.25) is 0 Å². The van der Waals surface area contributed by atoms with E-state index in [2.05, 4.69) is 5.32 Å². The van der Waals surface area contributed by atoms with Gasteiger partial charge in [0.25, 0.3) is 11.8 Å². The van der Waals surface area contributed by atoms with E-state index >= 15 is 0 Å². The number of benzene rings is 3. The number of carbonyl (C=O) groups is 2. The predicted octanol–water partition coefficient (Wildman–Crippen LogP) is 4.24. The normalized spacial score (nSPS) is 14.4. The number of ether oxygens (including phenoxy) is 3. The van der Waals surface area contributed by atoms with Crippen LogP contribution in [0.1, 0.15) is 5.56 Å². The van der Waals surface area contributed by atoms with E-state index < -0.39 is 22.4 Å².